The molecule has 2 aromatic heterocycles. The topological polar surface area (TPSA) is 41.6 Å². The van der Waals surface area contributed by atoms with Crippen molar-refractivity contribution in [3.8, 4) is 6.07 Å². The number of fused-ring (bicyclic) bond motifs is 1. The fourth-order valence-corrected chi connectivity index (χ4v) is 2.98. The summed E-state index contributed by atoms with van der Waals surface area (Å²) in [4.78, 5) is 4.68. The largest absolute Gasteiger partial charge is 0.328 e. The third kappa shape index (κ3) is 2.13. The first-order valence-electron chi connectivity index (χ1n) is 6.22. The summed E-state index contributed by atoms with van der Waals surface area (Å²) in [5, 5.41) is 13.2. The van der Waals surface area contributed by atoms with E-state index in [9.17, 15) is 0 Å². The quantitative estimate of drug-likeness (QED) is 0.728. The molecule has 0 aliphatic rings. The van der Waals surface area contributed by atoms with E-state index >= 15 is 0 Å². The van der Waals surface area contributed by atoms with E-state index in [4.69, 9.17) is 5.26 Å². The van der Waals surface area contributed by atoms with Crippen molar-refractivity contribution in [2.75, 3.05) is 0 Å². The summed E-state index contributed by atoms with van der Waals surface area (Å²) < 4.78 is 2.22. The number of aryl methyl sites for hydroxylation is 1. The zero-order valence-electron chi connectivity index (χ0n) is 10.6. The van der Waals surface area contributed by atoms with Gasteiger partial charge in [0.2, 0.25) is 0 Å². The number of thiophene rings is 1. The van der Waals surface area contributed by atoms with Crippen molar-refractivity contribution in [3.05, 3.63) is 52.0 Å². The Morgan fingerprint density at radius 2 is 2.26 bits per heavy atom. The van der Waals surface area contributed by atoms with Crippen LogP contribution in [0.2, 0.25) is 0 Å². The van der Waals surface area contributed by atoms with E-state index in [-0.39, 0.29) is 0 Å². The van der Waals surface area contributed by atoms with Crippen LogP contribution >= 0.6 is 11.3 Å². The number of nitrogens with zero attached hydrogens (tertiary/aromatic N) is 3. The Morgan fingerprint density at radius 3 is 2.95 bits per heavy atom. The lowest BCUT2D eigenvalue weighted by Gasteiger charge is -2.04. The first-order valence-corrected chi connectivity index (χ1v) is 7.16. The van der Waals surface area contributed by atoms with E-state index < -0.39 is 0 Å². The van der Waals surface area contributed by atoms with E-state index in [2.05, 4.69) is 39.4 Å². The average Bonchev–Trinajstić information content (AvgIpc) is 3.05. The summed E-state index contributed by atoms with van der Waals surface area (Å²) in [7, 11) is 0. The molecule has 4 heteroatoms. The summed E-state index contributed by atoms with van der Waals surface area (Å²) in [6.45, 7) is 3.01. The number of hydrogen-bond donors (Lipinski definition) is 0. The van der Waals surface area contributed by atoms with Gasteiger partial charge in [-0.1, -0.05) is 0 Å². The molecule has 3 nitrogen and oxygen atoms in total. The third-order valence-electron chi connectivity index (χ3n) is 3.21. The van der Waals surface area contributed by atoms with Crippen molar-refractivity contribution in [3.63, 3.8) is 0 Å². The van der Waals surface area contributed by atoms with Gasteiger partial charge in [0.05, 0.1) is 22.7 Å². The molecule has 0 bridgehead atoms. The molecule has 1 aromatic carbocycles. The van der Waals surface area contributed by atoms with Crippen molar-refractivity contribution in [1.82, 2.24) is 9.55 Å². The second-order valence-electron chi connectivity index (χ2n) is 4.40. The molecule has 3 aromatic rings. The zero-order chi connectivity index (χ0) is 13.2. The number of nitriles is 1. The maximum Gasteiger partial charge on any atom is 0.114 e. The van der Waals surface area contributed by atoms with Gasteiger partial charge in [-0.15, -0.1) is 0 Å². The van der Waals surface area contributed by atoms with E-state index in [1.165, 1.54) is 5.56 Å². The minimum absolute atomic E-state index is 0.662. The molecular formula is C15H13N3S. The van der Waals surface area contributed by atoms with E-state index in [1.54, 1.807) is 11.3 Å². The van der Waals surface area contributed by atoms with Gasteiger partial charge in [0.15, 0.2) is 0 Å². The fraction of sp³-hybridized carbons (Fsp3) is 0.200. The highest BCUT2D eigenvalue weighted by atomic mass is 32.1. The molecule has 0 aliphatic carbocycles. The van der Waals surface area contributed by atoms with Crippen molar-refractivity contribution in [2.45, 2.75) is 19.9 Å². The van der Waals surface area contributed by atoms with Crippen LogP contribution in [0.1, 0.15) is 23.9 Å². The van der Waals surface area contributed by atoms with Crippen LogP contribution < -0.4 is 0 Å². The molecule has 0 spiro atoms. The highest BCUT2D eigenvalue weighted by Gasteiger charge is 2.10. The smallest absolute Gasteiger partial charge is 0.114 e. The number of rotatable bonds is 3. The molecule has 0 unspecified atom stereocenters. The summed E-state index contributed by atoms with van der Waals surface area (Å²) >= 11 is 1.71. The second kappa shape index (κ2) is 4.87. The van der Waals surface area contributed by atoms with Crippen LogP contribution in [-0.2, 0) is 13.0 Å². The van der Waals surface area contributed by atoms with Crippen molar-refractivity contribution >= 4 is 22.4 Å². The van der Waals surface area contributed by atoms with Crippen LogP contribution in [0.25, 0.3) is 11.0 Å². The fourth-order valence-electron chi connectivity index (χ4n) is 2.31. The van der Waals surface area contributed by atoms with E-state index in [1.807, 2.05) is 18.2 Å². The van der Waals surface area contributed by atoms with Crippen LogP contribution in [0.4, 0.5) is 0 Å². The van der Waals surface area contributed by atoms with Gasteiger partial charge in [0.25, 0.3) is 0 Å². The lowest BCUT2D eigenvalue weighted by atomic mass is 10.2. The maximum absolute atomic E-state index is 8.95. The standard InChI is InChI=1S/C15H13N3S/c1-2-18-14-4-3-11(9-16)7-13(14)17-15(18)8-12-5-6-19-10-12/h3-7,10H,2,8H2,1H3. The zero-order valence-corrected chi connectivity index (χ0v) is 11.4. The van der Waals surface area contributed by atoms with Gasteiger partial charge >= 0.3 is 0 Å². The Kier molecular flexibility index (Phi) is 3.06. The van der Waals surface area contributed by atoms with Gasteiger partial charge in [-0.2, -0.15) is 16.6 Å². The normalized spacial score (nSPS) is 10.7. The average molecular weight is 267 g/mol. The number of benzene rings is 1. The van der Waals surface area contributed by atoms with Crippen LogP contribution in [0.3, 0.4) is 0 Å². The summed E-state index contributed by atoms with van der Waals surface area (Å²) in [6, 6.07) is 9.99. The maximum atomic E-state index is 8.95. The summed E-state index contributed by atoms with van der Waals surface area (Å²) in [6.07, 6.45) is 0.841. The van der Waals surface area contributed by atoms with Gasteiger partial charge in [-0.25, -0.2) is 4.98 Å². The Morgan fingerprint density at radius 1 is 1.37 bits per heavy atom. The predicted molar refractivity (Wildman–Crippen MR) is 77.2 cm³/mol. The van der Waals surface area contributed by atoms with Crippen LogP contribution in [0.5, 0.6) is 0 Å². The van der Waals surface area contributed by atoms with Crippen molar-refractivity contribution in [1.29, 1.82) is 5.26 Å². The summed E-state index contributed by atoms with van der Waals surface area (Å²) in [5.41, 5.74) is 3.96. The lowest BCUT2D eigenvalue weighted by molar-refractivity contribution is 0.734. The first-order chi connectivity index (χ1) is 9.31. The van der Waals surface area contributed by atoms with Crippen molar-refractivity contribution in [2.24, 2.45) is 0 Å². The van der Waals surface area contributed by atoms with Gasteiger partial charge < -0.3 is 4.57 Å². The SMILES string of the molecule is CCn1c(Cc2ccsc2)nc2cc(C#N)ccc21. The van der Waals surface area contributed by atoms with Gasteiger partial charge in [0.1, 0.15) is 5.82 Å². The number of imidazole rings is 1. The molecule has 94 valence electrons. The summed E-state index contributed by atoms with van der Waals surface area (Å²) in [5.74, 6) is 1.06. The van der Waals surface area contributed by atoms with Gasteiger partial charge in [0, 0.05) is 13.0 Å². The highest BCUT2D eigenvalue weighted by molar-refractivity contribution is 7.07. The highest BCUT2D eigenvalue weighted by Crippen LogP contribution is 2.20. The van der Waals surface area contributed by atoms with Crippen molar-refractivity contribution < 1.29 is 0 Å². The van der Waals surface area contributed by atoms with Crippen LogP contribution in [-0.4, -0.2) is 9.55 Å². The number of aromatic nitrogens is 2. The molecule has 0 fully saturated rings. The second-order valence-corrected chi connectivity index (χ2v) is 5.18. The first kappa shape index (κ1) is 11.9. The number of hydrogen-bond acceptors (Lipinski definition) is 3. The van der Waals surface area contributed by atoms with Gasteiger partial charge in [-0.05, 0) is 47.5 Å². The molecule has 0 atom stereocenters. The van der Waals surface area contributed by atoms with Gasteiger partial charge in [-0.3, -0.25) is 0 Å². The Balaban J connectivity index is 2.11. The molecule has 0 saturated carbocycles. The van der Waals surface area contributed by atoms with E-state index in [0.29, 0.717) is 5.56 Å². The molecule has 0 radical (unpaired) electrons. The van der Waals surface area contributed by atoms with E-state index in [0.717, 1.165) is 29.8 Å². The van der Waals surface area contributed by atoms with Crippen LogP contribution in [0, 0.1) is 11.3 Å². The minimum Gasteiger partial charge on any atom is -0.328 e. The lowest BCUT2D eigenvalue weighted by Crippen LogP contribution is -2.01. The molecule has 0 amide bonds. The Hall–Kier alpha value is -2.12. The molecule has 2 heterocycles. The monoisotopic (exact) mass is 267 g/mol. The minimum atomic E-state index is 0.662. The Labute approximate surface area is 115 Å². The Bertz CT molecular complexity index is 748. The van der Waals surface area contributed by atoms with Crippen LogP contribution in [0.15, 0.2) is 35.0 Å². The molecule has 19 heavy (non-hydrogen) atoms. The third-order valence-corrected chi connectivity index (χ3v) is 3.95. The predicted octanol–water partition coefficient (Wildman–Crippen LogP) is 3.58. The molecule has 0 aliphatic heterocycles. The molecule has 3 rings (SSSR count). The molecule has 0 N–H and O–H groups in total. The molecule has 0 saturated heterocycles. The molecular weight excluding hydrogens is 254 g/mol.